The van der Waals surface area contributed by atoms with Gasteiger partial charge in [0.25, 0.3) is 5.91 Å². The van der Waals surface area contributed by atoms with Crippen LogP contribution in [0.25, 0.3) is 11.4 Å². The number of rotatable bonds is 9. The van der Waals surface area contributed by atoms with Crippen LogP contribution in [0.1, 0.15) is 67.5 Å². The first kappa shape index (κ1) is 28.0. The molecule has 0 radical (unpaired) electrons. The van der Waals surface area contributed by atoms with Gasteiger partial charge in [0.2, 0.25) is 5.91 Å². The number of carbonyl (C=O) groups is 4. The molecule has 1 aromatic heterocycles. The monoisotopic (exact) mass is 537 g/mol. The highest BCUT2D eigenvalue weighted by Crippen LogP contribution is 2.34. The summed E-state index contributed by atoms with van der Waals surface area (Å²) in [5.74, 6) is -1.33. The fraction of sp³-hybridized carbons (Fsp3) is 0.500. The van der Waals surface area contributed by atoms with Gasteiger partial charge in [-0.1, -0.05) is 43.2 Å². The van der Waals surface area contributed by atoms with Crippen molar-refractivity contribution in [3.05, 3.63) is 47.8 Å². The fourth-order valence-corrected chi connectivity index (χ4v) is 5.03. The van der Waals surface area contributed by atoms with Gasteiger partial charge in [0.05, 0.1) is 6.61 Å². The van der Waals surface area contributed by atoms with E-state index in [2.05, 4.69) is 10.3 Å². The molecular weight excluding hydrogens is 502 g/mol. The molecule has 4 rings (SSSR count). The van der Waals surface area contributed by atoms with Crippen LogP contribution in [0.15, 0.2) is 36.4 Å². The molecule has 2 aliphatic rings. The molecule has 2 aromatic rings. The summed E-state index contributed by atoms with van der Waals surface area (Å²) in [7, 11) is 0. The number of ether oxygens (including phenoxy) is 1. The minimum absolute atomic E-state index is 0.0654. The minimum atomic E-state index is -1.06. The van der Waals surface area contributed by atoms with Gasteiger partial charge in [-0.25, -0.2) is 14.8 Å². The predicted molar refractivity (Wildman–Crippen MR) is 142 cm³/mol. The van der Waals surface area contributed by atoms with Gasteiger partial charge in [-0.05, 0) is 32.3 Å². The van der Waals surface area contributed by atoms with Crippen molar-refractivity contribution in [1.82, 2.24) is 25.1 Å². The summed E-state index contributed by atoms with van der Waals surface area (Å²) < 4.78 is 5.03. The molecule has 3 amide bonds. The third kappa shape index (κ3) is 7.30. The molecule has 2 N–H and O–H groups in total. The Bertz CT molecular complexity index is 1180. The lowest BCUT2D eigenvalue weighted by molar-refractivity contribution is -0.138. The number of aromatic nitrogens is 2. The number of benzene rings is 1. The molecule has 1 aromatic carbocycles. The van der Waals surface area contributed by atoms with Crippen LogP contribution >= 0.6 is 0 Å². The van der Waals surface area contributed by atoms with E-state index in [0.717, 1.165) is 36.9 Å². The van der Waals surface area contributed by atoms with E-state index < -0.39 is 24.0 Å². The Morgan fingerprint density at radius 2 is 1.69 bits per heavy atom. The van der Waals surface area contributed by atoms with E-state index >= 15 is 0 Å². The van der Waals surface area contributed by atoms with E-state index in [-0.39, 0.29) is 50.1 Å². The lowest BCUT2D eigenvalue weighted by Crippen LogP contribution is -2.56. The SMILES string of the molecule is CCOC(=O)N1CCN(C(=O)[C@H](CCC(=O)O)NC(=O)c2cc(C3CCCC3)nc(-c3ccccc3)n2)CC1. The fourth-order valence-electron chi connectivity index (χ4n) is 5.03. The Morgan fingerprint density at radius 3 is 2.33 bits per heavy atom. The summed E-state index contributed by atoms with van der Waals surface area (Å²) in [5.41, 5.74) is 1.73. The summed E-state index contributed by atoms with van der Waals surface area (Å²) in [4.78, 5) is 62.5. The number of carboxylic acids is 1. The van der Waals surface area contributed by atoms with Gasteiger partial charge in [-0.15, -0.1) is 0 Å². The number of piperazine rings is 1. The Morgan fingerprint density at radius 1 is 1.03 bits per heavy atom. The molecule has 208 valence electrons. The van der Waals surface area contributed by atoms with Crippen molar-refractivity contribution >= 4 is 23.9 Å². The Kier molecular flexibility index (Phi) is 9.45. The molecule has 1 aliphatic heterocycles. The highest BCUT2D eigenvalue weighted by Gasteiger charge is 2.31. The number of hydrogen-bond donors (Lipinski definition) is 2. The van der Waals surface area contributed by atoms with Crippen molar-refractivity contribution in [2.24, 2.45) is 0 Å². The number of carboxylic acid groups (broad SMARTS) is 1. The molecule has 1 aliphatic carbocycles. The number of carbonyl (C=O) groups excluding carboxylic acids is 3. The number of nitrogens with one attached hydrogen (secondary N) is 1. The van der Waals surface area contributed by atoms with Crippen LogP contribution in [0.5, 0.6) is 0 Å². The summed E-state index contributed by atoms with van der Waals surface area (Å²) in [6.45, 7) is 3.09. The zero-order valence-electron chi connectivity index (χ0n) is 22.2. The molecular formula is C28H35N5O6. The van der Waals surface area contributed by atoms with E-state index in [1.165, 1.54) is 4.90 Å². The van der Waals surface area contributed by atoms with E-state index in [4.69, 9.17) is 9.72 Å². The van der Waals surface area contributed by atoms with E-state index in [1.807, 2.05) is 30.3 Å². The summed E-state index contributed by atoms with van der Waals surface area (Å²) in [5, 5.41) is 12.0. The first-order chi connectivity index (χ1) is 18.9. The maximum atomic E-state index is 13.5. The van der Waals surface area contributed by atoms with Crippen LogP contribution in [0.4, 0.5) is 4.79 Å². The van der Waals surface area contributed by atoms with Crippen molar-refractivity contribution in [2.45, 2.75) is 57.4 Å². The van der Waals surface area contributed by atoms with Crippen molar-refractivity contribution in [1.29, 1.82) is 0 Å². The molecule has 2 fully saturated rings. The Labute approximate surface area is 227 Å². The van der Waals surface area contributed by atoms with E-state index in [1.54, 1.807) is 17.9 Å². The second kappa shape index (κ2) is 13.2. The maximum Gasteiger partial charge on any atom is 0.409 e. The van der Waals surface area contributed by atoms with E-state index in [0.29, 0.717) is 18.9 Å². The van der Waals surface area contributed by atoms with Gasteiger partial charge in [0.15, 0.2) is 5.82 Å². The minimum Gasteiger partial charge on any atom is -0.481 e. The van der Waals surface area contributed by atoms with Gasteiger partial charge >= 0.3 is 12.1 Å². The van der Waals surface area contributed by atoms with Crippen LogP contribution in [-0.2, 0) is 14.3 Å². The molecule has 0 spiro atoms. The number of nitrogens with zero attached hydrogens (tertiary/aromatic N) is 4. The molecule has 1 atom stereocenters. The first-order valence-corrected chi connectivity index (χ1v) is 13.5. The molecule has 1 saturated carbocycles. The van der Waals surface area contributed by atoms with Gasteiger partial charge < -0.3 is 25.0 Å². The number of amides is 3. The Hall–Kier alpha value is -4.02. The smallest absolute Gasteiger partial charge is 0.409 e. The van der Waals surface area contributed by atoms with Crippen LogP contribution in [0.3, 0.4) is 0 Å². The average Bonchev–Trinajstić information content (AvgIpc) is 3.50. The van der Waals surface area contributed by atoms with Gasteiger partial charge in [-0.2, -0.15) is 0 Å². The number of hydrogen-bond acceptors (Lipinski definition) is 7. The first-order valence-electron chi connectivity index (χ1n) is 13.5. The molecule has 11 heteroatoms. The third-order valence-electron chi connectivity index (χ3n) is 7.15. The molecule has 0 bridgehead atoms. The maximum absolute atomic E-state index is 13.5. The van der Waals surface area contributed by atoms with Crippen molar-refractivity contribution in [3.63, 3.8) is 0 Å². The van der Waals surface area contributed by atoms with Crippen LogP contribution in [-0.4, -0.2) is 87.6 Å². The molecule has 11 nitrogen and oxygen atoms in total. The Balaban J connectivity index is 1.53. The van der Waals surface area contributed by atoms with Crippen molar-refractivity contribution in [3.8, 4) is 11.4 Å². The van der Waals surface area contributed by atoms with Gasteiger partial charge in [-0.3, -0.25) is 14.4 Å². The van der Waals surface area contributed by atoms with Crippen molar-refractivity contribution in [2.75, 3.05) is 32.8 Å². The topological polar surface area (TPSA) is 142 Å². The number of aliphatic carboxylic acids is 1. The van der Waals surface area contributed by atoms with Crippen LogP contribution in [0.2, 0.25) is 0 Å². The lowest BCUT2D eigenvalue weighted by Gasteiger charge is -2.35. The molecule has 39 heavy (non-hydrogen) atoms. The molecule has 2 heterocycles. The zero-order valence-corrected chi connectivity index (χ0v) is 22.2. The van der Waals surface area contributed by atoms with Crippen molar-refractivity contribution < 1.29 is 29.0 Å². The van der Waals surface area contributed by atoms with Gasteiger partial charge in [0, 0.05) is 49.8 Å². The average molecular weight is 538 g/mol. The van der Waals surface area contributed by atoms with E-state index in [9.17, 15) is 24.3 Å². The largest absolute Gasteiger partial charge is 0.481 e. The second-order valence-electron chi connectivity index (χ2n) is 9.82. The second-order valence-corrected chi connectivity index (χ2v) is 9.82. The lowest BCUT2D eigenvalue weighted by atomic mass is 10.0. The standard InChI is InChI=1S/C28H35N5O6/c1-2-39-28(38)33-16-14-32(15-17-33)27(37)21(12-13-24(34)35)31-26(36)23-18-22(19-8-6-7-9-19)29-25(30-23)20-10-4-3-5-11-20/h3-5,10-11,18-19,21H,2,6-9,12-17H2,1H3,(H,31,36)(H,34,35)/t21-/m0/s1. The zero-order chi connectivity index (χ0) is 27.8. The summed E-state index contributed by atoms with van der Waals surface area (Å²) in [6.07, 6.45) is 3.40. The highest BCUT2D eigenvalue weighted by atomic mass is 16.6. The van der Waals surface area contributed by atoms with Crippen LogP contribution < -0.4 is 5.32 Å². The molecule has 0 unspecified atom stereocenters. The highest BCUT2D eigenvalue weighted by molar-refractivity contribution is 5.96. The summed E-state index contributed by atoms with van der Waals surface area (Å²) in [6, 6.07) is 10.0. The third-order valence-corrected chi connectivity index (χ3v) is 7.15. The quantitative estimate of drug-likeness (QED) is 0.497. The predicted octanol–water partition coefficient (Wildman–Crippen LogP) is 3.07. The molecule has 1 saturated heterocycles. The normalized spacial score (nSPS) is 16.5. The summed E-state index contributed by atoms with van der Waals surface area (Å²) >= 11 is 0. The van der Waals surface area contributed by atoms with Gasteiger partial charge in [0.1, 0.15) is 11.7 Å². The van der Waals surface area contributed by atoms with Crippen LogP contribution in [0, 0.1) is 0 Å².